The predicted octanol–water partition coefficient (Wildman–Crippen LogP) is -1.75. The van der Waals surface area contributed by atoms with Gasteiger partial charge < -0.3 is 37.2 Å². The van der Waals surface area contributed by atoms with Gasteiger partial charge in [0.25, 0.3) is 0 Å². The van der Waals surface area contributed by atoms with E-state index in [0.29, 0.717) is 12.0 Å². The van der Waals surface area contributed by atoms with Gasteiger partial charge in [-0.2, -0.15) is 0 Å². The Morgan fingerprint density at radius 3 is 2.29 bits per heavy atom. The van der Waals surface area contributed by atoms with Crippen LogP contribution in [0.5, 0.6) is 0 Å². The number of carboxylic acids is 1. The Kier molecular flexibility index (Phi) is 10.2. The number of nitrogens with two attached hydrogens (primary N) is 2. The van der Waals surface area contributed by atoms with Crippen LogP contribution in [0.25, 0.3) is 0 Å². The summed E-state index contributed by atoms with van der Waals surface area (Å²) in [4.78, 5) is 62.9. The van der Waals surface area contributed by atoms with Crippen molar-refractivity contribution < 1.29 is 34.2 Å². The van der Waals surface area contributed by atoms with Crippen LogP contribution in [0, 0.1) is 0 Å². The number of hydrogen-bond acceptors (Lipinski definition) is 7. The van der Waals surface area contributed by atoms with Gasteiger partial charge >= 0.3 is 5.97 Å². The Labute approximate surface area is 203 Å². The molecule has 0 aromatic heterocycles. The third-order valence-electron chi connectivity index (χ3n) is 5.85. The highest BCUT2D eigenvalue weighted by Crippen LogP contribution is 2.20. The fourth-order valence-electron chi connectivity index (χ4n) is 3.85. The molecular formula is C23H33N5O7. The number of aliphatic hydroxyl groups is 1. The summed E-state index contributed by atoms with van der Waals surface area (Å²) >= 11 is 0. The summed E-state index contributed by atoms with van der Waals surface area (Å²) < 4.78 is 0. The molecular weight excluding hydrogens is 458 g/mol. The van der Waals surface area contributed by atoms with Crippen molar-refractivity contribution >= 4 is 29.6 Å². The third kappa shape index (κ3) is 8.04. The molecule has 192 valence electrons. The van der Waals surface area contributed by atoms with Crippen molar-refractivity contribution in [3.8, 4) is 0 Å². The van der Waals surface area contributed by atoms with Crippen molar-refractivity contribution in [2.75, 3.05) is 6.54 Å². The normalized spacial score (nSPS) is 18.7. The maximum atomic E-state index is 13.2. The minimum Gasteiger partial charge on any atom is -0.480 e. The number of primary amides is 1. The first-order chi connectivity index (χ1) is 16.5. The first-order valence-corrected chi connectivity index (χ1v) is 11.4. The van der Waals surface area contributed by atoms with E-state index < -0.39 is 59.9 Å². The van der Waals surface area contributed by atoms with Crippen molar-refractivity contribution in [2.24, 2.45) is 11.5 Å². The zero-order valence-corrected chi connectivity index (χ0v) is 19.6. The van der Waals surface area contributed by atoms with E-state index in [2.05, 4.69) is 10.6 Å². The molecule has 0 aliphatic carbocycles. The van der Waals surface area contributed by atoms with Gasteiger partial charge in [-0.25, -0.2) is 4.79 Å². The van der Waals surface area contributed by atoms with Crippen LogP contribution in [0.2, 0.25) is 0 Å². The fraction of sp³-hybridized carbons (Fsp3) is 0.522. The first-order valence-electron chi connectivity index (χ1n) is 11.4. The Morgan fingerprint density at radius 2 is 1.71 bits per heavy atom. The van der Waals surface area contributed by atoms with Gasteiger partial charge in [0.1, 0.15) is 24.2 Å². The summed E-state index contributed by atoms with van der Waals surface area (Å²) in [5.41, 5.74) is 11.6. The summed E-state index contributed by atoms with van der Waals surface area (Å²) in [6, 6.07) is 4.10. The molecule has 5 unspecified atom stereocenters. The number of nitrogens with one attached hydrogen (secondary N) is 2. The van der Waals surface area contributed by atoms with Crippen LogP contribution in [-0.4, -0.2) is 81.5 Å². The topological polar surface area (TPSA) is 205 Å². The Bertz CT molecular complexity index is 924. The molecule has 4 amide bonds. The minimum atomic E-state index is -1.28. The molecule has 12 nitrogen and oxygen atoms in total. The molecule has 5 atom stereocenters. The highest BCUT2D eigenvalue weighted by atomic mass is 16.4. The molecule has 0 radical (unpaired) electrons. The first kappa shape index (κ1) is 27.7. The second kappa shape index (κ2) is 12.8. The van der Waals surface area contributed by atoms with Gasteiger partial charge in [0.05, 0.1) is 6.10 Å². The number of benzene rings is 1. The number of hydrogen-bond donors (Lipinski definition) is 6. The SMILES string of the molecule is CC(O)C(N)C(=O)NC(Cc1ccccc1)C(=O)NC(CCC(N)=O)C(=O)N1CCCC1C(=O)O. The average Bonchev–Trinajstić information content (AvgIpc) is 3.31. The lowest BCUT2D eigenvalue weighted by Crippen LogP contribution is -2.58. The quantitative estimate of drug-likeness (QED) is 0.197. The molecule has 1 aliphatic rings. The molecule has 35 heavy (non-hydrogen) atoms. The van der Waals surface area contributed by atoms with Crippen LogP contribution < -0.4 is 22.1 Å². The van der Waals surface area contributed by atoms with Gasteiger partial charge in [-0.1, -0.05) is 30.3 Å². The van der Waals surface area contributed by atoms with Crippen molar-refractivity contribution in [1.29, 1.82) is 0 Å². The summed E-state index contributed by atoms with van der Waals surface area (Å²) in [6.07, 6.45) is -0.691. The number of carboxylic acid groups (broad SMARTS) is 1. The van der Waals surface area contributed by atoms with E-state index >= 15 is 0 Å². The Hall–Kier alpha value is -3.51. The van der Waals surface area contributed by atoms with E-state index in [1.165, 1.54) is 11.8 Å². The molecule has 12 heteroatoms. The molecule has 0 bridgehead atoms. The number of aliphatic hydroxyl groups excluding tert-OH is 1. The average molecular weight is 492 g/mol. The predicted molar refractivity (Wildman–Crippen MR) is 124 cm³/mol. The second-order valence-corrected chi connectivity index (χ2v) is 8.61. The van der Waals surface area contributed by atoms with E-state index in [4.69, 9.17) is 11.5 Å². The van der Waals surface area contributed by atoms with Crippen LogP contribution in [0.4, 0.5) is 0 Å². The lowest BCUT2D eigenvalue weighted by Gasteiger charge is -2.29. The summed E-state index contributed by atoms with van der Waals surface area (Å²) in [5.74, 6) is -3.98. The standard InChI is InChI=1S/C23H33N5O7/c1-13(29)19(25)21(32)27-16(12-14-6-3-2-4-7-14)20(31)26-15(9-10-18(24)30)22(33)28-11-5-8-17(28)23(34)35/h2-4,6-7,13,15-17,19,29H,5,8-12,25H2,1H3,(H2,24,30)(H,26,31)(H,27,32)(H,34,35). The summed E-state index contributed by atoms with van der Waals surface area (Å²) in [6.45, 7) is 1.54. The highest BCUT2D eigenvalue weighted by Gasteiger charge is 2.38. The lowest BCUT2D eigenvalue weighted by molar-refractivity contribution is -0.149. The molecule has 0 spiro atoms. The summed E-state index contributed by atoms with van der Waals surface area (Å²) in [7, 11) is 0. The molecule has 1 aliphatic heterocycles. The Morgan fingerprint density at radius 1 is 1.09 bits per heavy atom. The van der Waals surface area contributed by atoms with Gasteiger partial charge in [-0.05, 0) is 31.7 Å². The van der Waals surface area contributed by atoms with E-state index in [9.17, 15) is 34.2 Å². The van der Waals surface area contributed by atoms with Gasteiger partial charge in [0.15, 0.2) is 0 Å². The van der Waals surface area contributed by atoms with Crippen molar-refractivity contribution in [2.45, 2.75) is 69.3 Å². The zero-order valence-electron chi connectivity index (χ0n) is 19.6. The third-order valence-corrected chi connectivity index (χ3v) is 5.85. The minimum absolute atomic E-state index is 0.0587. The number of likely N-dealkylation sites (tertiary alicyclic amines) is 1. The van der Waals surface area contributed by atoms with Gasteiger partial charge in [0, 0.05) is 19.4 Å². The Balaban J connectivity index is 2.25. The molecule has 1 aromatic carbocycles. The van der Waals surface area contributed by atoms with Crippen molar-refractivity contribution in [3.63, 3.8) is 0 Å². The monoisotopic (exact) mass is 491 g/mol. The molecule has 1 aromatic rings. The molecule has 1 fully saturated rings. The lowest BCUT2D eigenvalue weighted by atomic mass is 10.0. The number of carbonyl (C=O) groups is 5. The largest absolute Gasteiger partial charge is 0.480 e. The van der Waals surface area contributed by atoms with Gasteiger partial charge in [-0.15, -0.1) is 0 Å². The molecule has 8 N–H and O–H groups in total. The van der Waals surface area contributed by atoms with Crippen LogP contribution >= 0.6 is 0 Å². The molecule has 2 rings (SSSR count). The van der Waals surface area contributed by atoms with Gasteiger partial charge in [-0.3, -0.25) is 19.2 Å². The highest BCUT2D eigenvalue weighted by molar-refractivity contribution is 5.94. The number of rotatable bonds is 12. The summed E-state index contributed by atoms with van der Waals surface area (Å²) in [5, 5.41) is 24.1. The van der Waals surface area contributed by atoms with Crippen LogP contribution in [0.15, 0.2) is 30.3 Å². The van der Waals surface area contributed by atoms with E-state index in [1.807, 2.05) is 0 Å². The van der Waals surface area contributed by atoms with Crippen LogP contribution in [0.1, 0.15) is 38.2 Å². The van der Waals surface area contributed by atoms with Crippen LogP contribution in [-0.2, 0) is 30.4 Å². The van der Waals surface area contributed by atoms with E-state index in [-0.39, 0.29) is 32.2 Å². The van der Waals surface area contributed by atoms with E-state index in [0.717, 1.165) is 0 Å². The maximum absolute atomic E-state index is 13.2. The number of nitrogens with zero attached hydrogens (tertiary/aromatic N) is 1. The second-order valence-electron chi connectivity index (χ2n) is 8.61. The number of aliphatic carboxylic acids is 1. The van der Waals surface area contributed by atoms with Crippen LogP contribution in [0.3, 0.4) is 0 Å². The molecule has 1 saturated heterocycles. The van der Waals surface area contributed by atoms with Crippen molar-refractivity contribution in [3.05, 3.63) is 35.9 Å². The number of carbonyl (C=O) groups excluding carboxylic acids is 4. The molecule has 1 heterocycles. The zero-order chi connectivity index (χ0) is 26.1. The molecule has 0 saturated carbocycles. The van der Waals surface area contributed by atoms with E-state index in [1.54, 1.807) is 30.3 Å². The van der Waals surface area contributed by atoms with Crippen molar-refractivity contribution in [1.82, 2.24) is 15.5 Å². The number of amides is 4. The smallest absolute Gasteiger partial charge is 0.326 e. The van der Waals surface area contributed by atoms with Gasteiger partial charge in [0.2, 0.25) is 23.6 Å². The fourth-order valence-corrected chi connectivity index (χ4v) is 3.85. The maximum Gasteiger partial charge on any atom is 0.326 e.